The molecule has 0 bridgehead atoms. The maximum absolute atomic E-state index is 13.3. The predicted molar refractivity (Wildman–Crippen MR) is 122 cm³/mol. The quantitative estimate of drug-likeness (QED) is 0.577. The van der Waals surface area contributed by atoms with Gasteiger partial charge in [-0.15, -0.1) is 11.3 Å². The summed E-state index contributed by atoms with van der Waals surface area (Å²) in [5.41, 5.74) is 2.31. The van der Waals surface area contributed by atoms with Gasteiger partial charge >= 0.3 is 0 Å². The molecule has 162 valence electrons. The fourth-order valence-corrected chi connectivity index (χ4v) is 4.74. The first-order valence-electron chi connectivity index (χ1n) is 10.9. The SMILES string of the molecule is CCC(=O)N(CCN1CCCC1)CC(=O)N(Cc1ccccc1)Cc1sccc1C. The Morgan fingerprint density at radius 1 is 1.00 bits per heavy atom. The van der Waals surface area contributed by atoms with E-state index in [0.717, 1.165) is 25.2 Å². The van der Waals surface area contributed by atoms with Crippen LogP contribution in [0.2, 0.25) is 0 Å². The smallest absolute Gasteiger partial charge is 0.242 e. The van der Waals surface area contributed by atoms with E-state index in [-0.39, 0.29) is 18.4 Å². The lowest BCUT2D eigenvalue weighted by Crippen LogP contribution is -2.45. The van der Waals surface area contributed by atoms with E-state index in [1.54, 1.807) is 16.2 Å². The van der Waals surface area contributed by atoms with E-state index in [1.165, 1.54) is 23.3 Å². The van der Waals surface area contributed by atoms with Crippen molar-refractivity contribution in [2.45, 2.75) is 46.2 Å². The van der Waals surface area contributed by atoms with E-state index in [1.807, 2.05) is 42.2 Å². The normalized spacial score (nSPS) is 14.1. The Balaban J connectivity index is 1.69. The van der Waals surface area contributed by atoms with Crippen LogP contribution in [0.25, 0.3) is 0 Å². The minimum atomic E-state index is 0.00914. The van der Waals surface area contributed by atoms with Gasteiger partial charge in [0, 0.05) is 30.9 Å². The third-order valence-corrected chi connectivity index (χ3v) is 6.75. The Labute approximate surface area is 184 Å². The molecule has 1 aromatic carbocycles. The molecule has 1 aromatic heterocycles. The molecule has 1 aliphatic rings. The molecule has 0 saturated carbocycles. The van der Waals surface area contributed by atoms with Crippen molar-refractivity contribution >= 4 is 23.2 Å². The number of hydrogen-bond donors (Lipinski definition) is 0. The van der Waals surface area contributed by atoms with Crippen LogP contribution in [0.3, 0.4) is 0 Å². The second kappa shape index (κ2) is 11.3. The third-order valence-electron chi connectivity index (χ3n) is 5.74. The molecular formula is C24H33N3O2S. The van der Waals surface area contributed by atoms with Crippen molar-refractivity contribution in [3.8, 4) is 0 Å². The van der Waals surface area contributed by atoms with Gasteiger partial charge in [0.25, 0.3) is 0 Å². The lowest BCUT2D eigenvalue weighted by Gasteiger charge is -2.29. The zero-order chi connectivity index (χ0) is 21.3. The number of carbonyl (C=O) groups excluding carboxylic acids is 2. The molecule has 1 saturated heterocycles. The highest BCUT2D eigenvalue weighted by atomic mass is 32.1. The summed E-state index contributed by atoms with van der Waals surface area (Å²) in [6.07, 6.45) is 2.88. The largest absolute Gasteiger partial charge is 0.332 e. The molecule has 0 unspecified atom stereocenters. The molecule has 0 atom stereocenters. The molecule has 2 heterocycles. The van der Waals surface area contributed by atoms with Gasteiger partial charge in [-0.2, -0.15) is 0 Å². The van der Waals surface area contributed by atoms with Gasteiger partial charge in [-0.05, 0) is 55.4 Å². The van der Waals surface area contributed by atoms with Crippen molar-refractivity contribution in [1.82, 2.24) is 14.7 Å². The third kappa shape index (κ3) is 6.41. The minimum absolute atomic E-state index is 0.00914. The van der Waals surface area contributed by atoms with Gasteiger partial charge in [-0.1, -0.05) is 37.3 Å². The van der Waals surface area contributed by atoms with Gasteiger partial charge in [0.1, 0.15) is 0 Å². The molecular weight excluding hydrogens is 394 g/mol. The Hall–Kier alpha value is -2.18. The van der Waals surface area contributed by atoms with Crippen LogP contribution in [0.1, 0.15) is 42.2 Å². The highest BCUT2D eigenvalue weighted by Crippen LogP contribution is 2.20. The maximum atomic E-state index is 13.3. The lowest BCUT2D eigenvalue weighted by molar-refractivity contribution is -0.141. The zero-order valence-corrected chi connectivity index (χ0v) is 19.0. The number of thiophene rings is 1. The highest BCUT2D eigenvalue weighted by molar-refractivity contribution is 7.10. The van der Waals surface area contributed by atoms with E-state index in [2.05, 4.69) is 23.3 Å². The van der Waals surface area contributed by atoms with Gasteiger partial charge < -0.3 is 14.7 Å². The number of amides is 2. The van der Waals surface area contributed by atoms with Crippen molar-refractivity contribution in [1.29, 1.82) is 0 Å². The average Bonchev–Trinajstić information content (AvgIpc) is 3.42. The number of hydrogen-bond acceptors (Lipinski definition) is 4. The molecule has 6 heteroatoms. The van der Waals surface area contributed by atoms with Gasteiger partial charge in [0.15, 0.2) is 0 Å². The second-order valence-electron chi connectivity index (χ2n) is 7.98. The molecule has 0 radical (unpaired) electrons. The van der Waals surface area contributed by atoms with Crippen molar-refractivity contribution in [3.63, 3.8) is 0 Å². The van der Waals surface area contributed by atoms with E-state index in [0.29, 0.717) is 26.1 Å². The Kier molecular flexibility index (Phi) is 8.46. The fraction of sp³-hybridized carbons (Fsp3) is 0.500. The summed E-state index contributed by atoms with van der Waals surface area (Å²) < 4.78 is 0. The summed E-state index contributed by atoms with van der Waals surface area (Å²) in [6, 6.07) is 12.2. The summed E-state index contributed by atoms with van der Waals surface area (Å²) in [5.74, 6) is 0.0596. The van der Waals surface area contributed by atoms with Crippen LogP contribution in [-0.4, -0.2) is 59.2 Å². The Bertz CT molecular complexity index is 815. The molecule has 30 heavy (non-hydrogen) atoms. The van der Waals surface area contributed by atoms with Gasteiger partial charge in [-0.3, -0.25) is 9.59 Å². The standard InChI is InChI=1S/C24H33N3O2S/c1-3-23(28)26(15-14-25-12-7-8-13-25)19-24(29)27(17-21-9-5-4-6-10-21)18-22-20(2)11-16-30-22/h4-6,9-11,16H,3,7-8,12-15,17-19H2,1-2H3. The Morgan fingerprint density at radius 3 is 2.37 bits per heavy atom. The van der Waals surface area contributed by atoms with Gasteiger partial charge in [-0.25, -0.2) is 0 Å². The monoisotopic (exact) mass is 427 g/mol. The zero-order valence-electron chi connectivity index (χ0n) is 18.2. The van der Waals surface area contributed by atoms with Crippen LogP contribution in [0.4, 0.5) is 0 Å². The number of rotatable bonds is 10. The molecule has 2 aromatic rings. The molecule has 1 fully saturated rings. The predicted octanol–water partition coefficient (Wildman–Crippen LogP) is 3.92. The summed E-state index contributed by atoms with van der Waals surface area (Å²) in [4.78, 5) is 33.1. The molecule has 1 aliphatic heterocycles. The summed E-state index contributed by atoms with van der Waals surface area (Å²) >= 11 is 1.68. The minimum Gasteiger partial charge on any atom is -0.332 e. The van der Waals surface area contributed by atoms with Crippen LogP contribution in [0.5, 0.6) is 0 Å². The van der Waals surface area contributed by atoms with E-state index in [4.69, 9.17) is 0 Å². The van der Waals surface area contributed by atoms with Crippen LogP contribution in [0.15, 0.2) is 41.8 Å². The number of carbonyl (C=O) groups is 2. The van der Waals surface area contributed by atoms with Crippen LogP contribution >= 0.6 is 11.3 Å². The van der Waals surface area contributed by atoms with Crippen molar-refractivity contribution < 1.29 is 9.59 Å². The fourth-order valence-electron chi connectivity index (χ4n) is 3.82. The first kappa shape index (κ1) is 22.5. The maximum Gasteiger partial charge on any atom is 0.242 e. The first-order valence-corrected chi connectivity index (χ1v) is 11.8. The molecule has 0 aliphatic carbocycles. The topological polar surface area (TPSA) is 43.9 Å². The first-order chi connectivity index (χ1) is 14.6. The Morgan fingerprint density at radius 2 is 1.73 bits per heavy atom. The molecule has 0 spiro atoms. The molecule has 0 N–H and O–H groups in total. The summed E-state index contributed by atoms with van der Waals surface area (Å²) in [6.45, 7) is 8.90. The van der Waals surface area contributed by atoms with Crippen LogP contribution in [0, 0.1) is 6.92 Å². The van der Waals surface area contributed by atoms with Gasteiger partial charge in [0.05, 0.1) is 13.1 Å². The number of likely N-dealkylation sites (tertiary alicyclic amines) is 1. The lowest BCUT2D eigenvalue weighted by atomic mass is 10.2. The highest BCUT2D eigenvalue weighted by Gasteiger charge is 2.23. The van der Waals surface area contributed by atoms with Crippen molar-refractivity contribution in [2.75, 3.05) is 32.7 Å². The molecule has 3 rings (SSSR count). The van der Waals surface area contributed by atoms with E-state index in [9.17, 15) is 9.59 Å². The summed E-state index contributed by atoms with van der Waals surface area (Å²) in [7, 11) is 0. The van der Waals surface area contributed by atoms with E-state index >= 15 is 0 Å². The van der Waals surface area contributed by atoms with Crippen molar-refractivity contribution in [2.24, 2.45) is 0 Å². The van der Waals surface area contributed by atoms with Gasteiger partial charge in [0.2, 0.25) is 11.8 Å². The van der Waals surface area contributed by atoms with Crippen LogP contribution in [-0.2, 0) is 22.7 Å². The van der Waals surface area contributed by atoms with E-state index < -0.39 is 0 Å². The summed E-state index contributed by atoms with van der Waals surface area (Å²) in [5, 5.41) is 2.07. The molecule has 2 amide bonds. The second-order valence-corrected chi connectivity index (χ2v) is 8.98. The number of benzene rings is 1. The molecule has 5 nitrogen and oxygen atoms in total. The average molecular weight is 428 g/mol. The number of nitrogens with zero attached hydrogens (tertiary/aromatic N) is 3. The van der Waals surface area contributed by atoms with Crippen molar-refractivity contribution in [3.05, 3.63) is 57.8 Å². The number of aryl methyl sites for hydroxylation is 1. The van der Waals surface area contributed by atoms with Crippen LogP contribution < -0.4 is 0 Å².